The van der Waals surface area contributed by atoms with Crippen LogP contribution in [0, 0.1) is 6.92 Å². The molecular weight excluding hydrogens is 292 g/mol. The lowest BCUT2D eigenvalue weighted by atomic mass is 10.2. The van der Waals surface area contributed by atoms with Crippen molar-refractivity contribution in [3.8, 4) is 0 Å². The number of benzene rings is 1. The number of thiazole rings is 1. The van der Waals surface area contributed by atoms with E-state index in [2.05, 4.69) is 10.3 Å². The molecule has 1 amide bonds. The van der Waals surface area contributed by atoms with Crippen molar-refractivity contribution in [2.45, 2.75) is 18.7 Å². The third-order valence-corrected chi connectivity index (χ3v) is 4.50. The largest absolute Gasteiger partial charge is 0.301 e. The maximum atomic E-state index is 11.8. The van der Waals surface area contributed by atoms with Gasteiger partial charge in [0, 0.05) is 17.2 Å². The molecule has 1 aromatic carbocycles. The summed E-state index contributed by atoms with van der Waals surface area (Å²) in [5, 5.41) is 4.81. The zero-order valence-electron chi connectivity index (χ0n) is 11.2. The van der Waals surface area contributed by atoms with Crippen molar-refractivity contribution >= 4 is 39.9 Å². The smallest absolute Gasteiger partial charge is 0.236 e. The number of Topliss-reactive ketones (excluding diaryl/α,β-unsaturated/α-hetero) is 1. The molecule has 2 aromatic rings. The topological polar surface area (TPSA) is 59.1 Å². The number of hydrogen-bond acceptors (Lipinski definition) is 5. The van der Waals surface area contributed by atoms with E-state index in [1.54, 1.807) is 5.38 Å². The molecule has 0 aliphatic rings. The lowest BCUT2D eigenvalue weighted by Crippen LogP contribution is -2.14. The van der Waals surface area contributed by atoms with Crippen molar-refractivity contribution < 1.29 is 9.59 Å². The van der Waals surface area contributed by atoms with Crippen molar-refractivity contribution in [1.82, 2.24) is 4.98 Å². The van der Waals surface area contributed by atoms with E-state index in [-0.39, 0.29) is 11.7 Å². The second-order valence-electron chi connectivity index (χ2n) is 4.20. The van der Waals surface area contributed by atoms with E-state index in [1.165, 1.54) is 30.0 Å². The number of hydrogen-bond donors (Lipinski definition) is 1. The molecule has 20 heavy (non-hydrogen) atoms. The molecule has 0 aliphatic heterocycles. The van der Waals surface area contributed by atoms with Crippen LogP contribution in [0.15, 0.2) is 34.5 Å². The van der Waals surface area contributed by atoms with Gasteiger partial charge in [-0.25, -0.2) is 4.98 Å². The molecular formula is C14H14N2O2S2. The van der Waals surface area contributed by atoms with E-state index in [0.29, 0.717) is 16.6 Å². The Kier molecular flexibility index (Phi) is 4.92. The molecule has 1 N–H and O–H groups in total. The van der Waals surface area contributed by atoms with Crippen molar-refractivity contribution in [1.29, 1.82) is 0 Å². The van der Waals surface area contributed by atoms with Gasteiger partial charge in [0.2, 0.25) is 5.91 Å². The van der Waals surface area contributed by atoms with Gasteiger partial charge in [-0.15, -0.1) is 23.1 Å². The van der Waals surface area contributed by atoms with Crippen molar-refractivity contribution in [2.24, 2.45) is 0 Å². The number of carbonyl (C=O) groups excluding carboxylic acids is 2. The Balaban J connectivity index is 1.89. The van der Waals surface area contributed by atoms with E-state index in [0.717, 1.165) is 10.5 Å². The molecule has 1 heterocycles. The van der Waals surface area contributed by atoms with Crippen molar-refractivity contribution in [2.75, 3.05) is 11.1 Å². The van der Waals surface area contributed by atoms with Gasteiger partial charge in [-0.1, -0.05) is 18.2 Å². The number of amides is 1. The van der Waals surface area contributed by atoms with E-state index < -0.39 is 0 Å². The summed E-state index contributed by atoms with van der Waals surface area (Å²) >= 11 is 2.74. The minimum Gasteiger partial charge on any atom is -0.301 e. The number of rotatable bonds is 5. The summed E-state index contributed by atoms with van der Waals surface area (Å²) in [5.41, 5.74) is 1.54. The summed E-state index contributed by atoms with van der Waals surface area (Å²) in [5.74, 6) is 0.0959. The van der Waals surface area contributed by atoms with Crippen LogP contribution in [-0.4, -0.2) is 22.4 Å². The molecule has 0 bridgehead atoms. The van der Waals surface area contributed by atoms with Gasteiger partial charge >= 0.3 is 0 Å². The minimum absolute atomic E-state index is 0.101. The Morgan fingerprint density at radius 1 is 1.35 bits per heavy atom. The van der Waals surface area contributed by atoms with Crippen LogP contribution in [0.25, 0.3) is 0 Å². The number of thioether (sulfide) groups is 1. The number of ketones is 1. The van der Waals surface area contributed by atoms with E-state index in [1.807, 2.05) is 31.2 Å². The summed E-state index contributed by atoms with van der Waals surface area (Å²) in [6.45, 7) is 3.47. The second kappa shape index (κ2) is 6.67. The van der Waals surface area contributed by atoms with E-state index >= 15 is 0 Å². The summed E-state index contributed by atoms with van der Waals surface area (Å²) in [6, 6.07) is 7.93. The maximum absolute atomic E-state index is 11.8. The number of nitrogens with zero attached hydrogens (tertiary/aromatic N) is 1. The number of carbonyl (C=O) groups is 2. The van der Waals surface area contributed by atoms with Crippen LogP contribution in [-0.2, 0) is 4.79 Å². The van der Waals surface area contributed by atoms with Crippen LogP contribution in [0.3, 0.4) is 0 Å². The van der Waals surface area contributed by atoms with Gasteiger partial charge in [0.1, 0.15) is 5.69 Å². The number of aromatic nitrogens is 1. The zero-order valence-corrected chi connectivity index (χ0v) is 12.8. The number of aryl methyl sites for hydroxylation is 1. The fourth-order valence-electron chi connectivity index (χ4n) is 1.51. The Bertz CT molecular complexity index is 638. The molecule has 104 valence electrons. The molecule has 2 rings (SSSR count). The van der Waals surface area contributed by atoms with Crippen molar-refractivity contribution in [3.63, 3.8) is 0 Å². The van der Waals surface area contributed by atoms with Gasteiger partial charge < -0.3 is 5.32 Å². The molecule has 0 aliphatic carbocycles. The van der Waals surface area contributed by atoms with Gasteiger partial charge in [-0.05, 0) is 18.6 Å². The Hall–Kier alpha value is -1.66. The van der Waals surface area contributed by atoms with E-state index in [9.17, 15) is 9.59 Å². The maximum Gasteiger partial charge on any atom is 0.236 e. The highest BCUT2D eigenvalue weighted by Crippen LogP contribution is 2.22. The number of anilines is 1. The van der Waals surface area contributed by atoms with Crippen LogP contribution in [0.2, 0.25) is 0 Å². The van der Waals surface area contributed by atoms with Crippen LogP contribution >= 0.6 is 23.1 Å². The lowest BCUT2D eigenvalue weighted by molar-refractivity contribution is -0.113. The number of nitrogens with one attached hydrogen (secondary N) is 1. The first-order valence-electron chi connectivity index (χ1n) is 6.01. The third-order valence-electron chi connectivity index (χ3n) is 2.56. The molecule has 0 saturated carbocycles. The highest BCUT2D eigenvalue weighted by atomic mass is 32.2. The lowest BCUT2D eigenvalue weighted by Gasteiger charge is -2.04. The molecule has 4 nitrogen and oxygen atoms in total. The second-order valence-corrected chi connectivity index (χ2v) is 6.07. The first-order valence-corrected chi connectivity index (χ1v) is 7.87. The van der Waals surface area contributed by atoms with Crippen LogP contribution in [0.5, 0.6) is 0 Å². The third kappa shape index (κ3) is 3.91. The van der Waals surface area contributed by atoms with Gasteiger partial charge in [-0.2, -0.15) is 0 Å². The van der Waals surface area contributed by atoms with Gasteiger partial charge in [-0.3, -0.25) is 9.59 Å². The average molecular weight is 306 g/mol. The zero-order chi connectivity index (χ0) is 14.5. The highest BCUT2D eigenvalue weighted by Gasteiger charge is 2.09. The summed E-state index contributed by atoms with van der Waals surface area (Å²) < 4.78 is 0. The first kappa shape index (κ1) is 14.7. The molecule has 0 unspecified atom stereocenters. The molecule has 0 radical (unpaired) electrons. The molecule has 1 aromatic heterocycles. The van der Waals surface area contributed by atoms with Crippen molar-refractivity contribution in [3.05, 3.63) is 40.9 Å². The molecule has 6 heteroatoms. The average Bonchev–Trinajstić information content (AvgIpc) is 2.86. The molecule has 0 fully saturated rings. The minimum atomic E-state index is -0.122. The van der Waals surface area contributed by atoms with Gasteiger partial charge in [0.15, 0.2) is 10.9 Å². The Labute approximate surface area is 125 Å². The Morgan fingerprint density at radius 2 is 2.10 bits per heavy atom. The summed E-state index contributed by atoms with van der Waals surface area (Å²) in [6.07, 6.45) is 0. The highest BCUT2D eigenvalue weighted by molar-refractivity contribution is 8.00. The molecule has 0 atom stereocenters. The first-order chi connectivity index (χ1) is 9.56. The standard InChI is InChI=1S/C14H14N2O2S2/c1-9-5-3-4-6-12(9)19-8-13(18)16-14-15-11(7-20-14)10(2)17/h3-7H,8H2,1-2H3,(H,15,16,18). The van der Waals surface area contributed by atoms with Crippen LogP contribution in [0.1, 0.15) is 23.0 Å². The normalized spacial score (nSPS) is 10.3. The van der Waals surface area contributed by atoms with E-state index in [4.69, 9.17) is 0 Å². The SMILES string of the molecule is CC(=O)c1csc(NC(=O)CSc2ccccc2C)n1. The fourth-order valence-corrected chi connectivity index (χ4v) is 3.10. The summed E-state index contributed by atoms with van der Waals surface area (Å²) in [7, 11) is 0. The molecule has 0 spiro atoms. The van der Waals surface area contributed by atoms with Gasteiger partial charge in [0.25, 0.3) is 0 Å². The van der Waals surface area contributed by atoms with Crippen LogP contribution in [0.4, 0.5) is 5.13 Å². The Morgan fingerprint density at radius 3 is 2.75 bits per heavy atom. The fraction of sp³-hybridized carbons (Fsp3) is 0.214. The van der Waals surface area contributed by atoms with Gasteiger partial charge in [0.05, 0.1) is 5.75 Å². The predicted molar refractivity (Wildman–Crippen MR) is 82.7 cm³/mol. The summed E-state index contributed by atoms with van der Waals surface area (Å²) in [4.78, 5) is 28.1. The molecule has 0 saturated heterocycles. The quantitative estimate of drug-likeness (QED) is 0.679. The predicted octanol–water partition coefficient (Wildman–Crippen LogP) is 3.38. The monoisotopic (exact) mass is 306 g/mol. The van der Waals surface area contributed by atoms with Crippen LogP contribution < -0.4 is 5.32 Å².